The molecule has 0 aliphatic rings. The van der Waals surface area contributed by atoms with Crippen LogP contribution in [0.2, 0.25) is 0 Å². The highest BCUT2D eigenvalue weighted by Gasteiger charge is 2.22. The number of hydrogen-bond donors (Lipinski definition) is 3. The molecule has 0 fully saturated rings. The van der Waals surface area contributed by atoms with Crippen LogP contribution in [0.1, 0.15) is 30.6 Å². The summed E-state index contributed by atoms with van der Waals surface area (Å²) in [6.45, 7) is 3.76. The maximum absolute atomic E-state index is 13.7. The third-order valence-corrected chi connectivity index (χ3v) is 2.80. The Balaban J connectivity index is 2.94. The number of nitrogens with two attached hydrogens (primary N) is 1. The summed E-state index contributed by atoms with van der Waals surface area (Å²) >= 11 is 0. The second kappa shape index (κ2) is 6.74. The van der Waals surface area contributed by atoms with Gasteiger partial charge in [0.05, 0.1) is 5.56 Å². The first kappa shape index (κ1) is 15.7. The Kier molecular flexibility index (Phi) is 5.31. The molecule has 1 rings (SSSR count). The van der Waals surface area contributed by atoms with E-state index in [2.05, 4.69) is 5.16 Å². The van der Waals surface area contributed by atoms with E-state index in [0.29, 0.717) is 0 Å². The minimum absolute atomic E-state index is 0.00497. The van der Waals surface area contributed by atoms with Crippen molar-refractivity contribution in [3.05, 3.63) is 29.6 Å². The number of benzene rings is 1. The molecule has 7 heteroatoms. The van der Waals surface area contributed by atoms with E-state index in [-0.39, 0.29) is 36.2 Å². The minimum atomic E-state index is -0.788. The van der Waals surface area contributed by atoms with Crippen LogP contribution in [0.4, 0.5) is 4.39 Å². The molecule has 0 aromatic heterocycles. The number of halogens is 1. The normalized spacial score (nSPS) is 11.7. The zero-order valence-corrected chi connectivity index (χ0v) is 11.4. The lowest BCUT2D eigenvalue weighted by Gasteiger charge is -2.26. The van der Waals surface area contributed by atoms with E-state index in [4.69, 9.17) is 16.0 Å². The Morgan fingerprint density at radius 1 is 1.50 bits per heavy atom. The Morgan fingerprint density at radius 3 is 2.65 bits per heavy atom. The summed E-state index contributed by atoms with van der Waals surface area (Å²) in [4.78, 5) is 13.7. The molecule has 0 heterocycles. The number of hydrogen-bond acceptors (Lipinski definition) is 4. The molecule has 6 nitrogen and oxygen atoms in total. The van der Waals surface area contributed by atoms with Gasteiger partial charge in [-0.2, -0.15) is 0 Å². The SMILES string of the molecule is CC(C)N(CC/C(N)=N/O)C(=O)c1ccc(O)cc1F. The van der Waals surface area contributed by atoms with Crippen molar-refractivity contribution in [2.45, 2.75) is 26.3 Å². The van der Waals surface area contributed by atoms with Crippen LogP contribution in [-0.4, -0.2) is 39.5 Å². The summed E-state index contributed by atoms with van der Waals surface area (Å²) < 4.78 is 13.7. The van der Waals surface area contributed by atoms with Crippen LogP contribution >= 0.6 is 0 Å². The first-order valence-electron chi connectivity index (χ1n) is 6.12. The molecule has 1 amide bonds. The van der Waals surface area contributed by atoms with Crippen molar-refractivity contribution < 1.29 is 19.5 Å². The Morgan fingerprint density at radius 2 is 2.15 bits per heavy atom. The fourth-order valence-corrected chi connectivity index (χ4v) is 1.71. The first-order chi connectivity index (χ1) is 9.36. The maximum atomic E-state index is 13.7. The van der Waals surface area contributed by atoms with E-state index in [1.165, 1.54) is 17.0 Å². The number of phenolic OH excluding ortho intramolecular Hbond substituents is 1. The molecular weight excluding hydrogens is 265 g/mol. The zero-order chi connectivity index (χ0) is 15.3. The van der Waals surface area contributed by atoms with Crippen molar-refractivity contribution in [2.24, 2.45) is 10.9 Å². The first-order valence-corrected chi connectivity index (χ1v) is 6.12. The predicted molar refractivity (Wildman–Crippen MR) is 72.3 cm³/mol. The number of carbonyl (C=O) groups excluding carboxylic acids is 1. The van der Waals surface area contributed by atoms with Gasteiger partial charge in [0.2, 0.25) is 0 Å². The van der Waals surface area contributed by atoms with Crippen molar-refractivity contribution in [1.82, 2.24) is 4.90 Å². The van der Waals surface area contributed by atoms with Gasteiger partial charge < -0.3 is 20.9 Å². The molecule has 110 valence electrons. The summed E-state index contributed by atoms with van der Waals surface area (Å²) in [5.41, 5.74) is 5.24. The van der Waals surface area contributed by atoms with Gasteiger partial charge in [-0.15, -0.1) is 0 Å². The van der Waals surface area contributed by atoms with Crippen LogP contribution in [0.25, 0.3) is 0 Å². The van der Waals surface area contributed by atoms with Crippen LogP contribution < -0.4 is 5.73 Å². The molecule has 0 unspecified atom stereocenters. The van der Waals surface area contributed by atoms with Gasteiger partial charge in [0.1, 0.15) is 17.4 Å². The van der Waals surface area contributed by atoms with Gasteiger partial charge in [0.15, 0.2) is 0 Å². The van der Waals surface area contributed by atoms with E-state index >= 15 is 0 Å². The summed E-state index contributed by atoms with van der Waals surface area (Å²) in [6.07, 6.45) is 0.181. The zero-order valence-electron chi connectivity index (χ0n) is 11.4. The topological polar surface area (TPSA) is 99.1 Å². The Labute approximate surface area is 116 Å². The standard InChI is InChI=1S/C13H18FN3O3/c1-8(2)17(6-5-12(15)16-20)13(19)10-4-3-9(18)7-11(10)14/h3-4,7-8,18,20H,5-6H2,1-2H3,(H2,15,16). The quantitative estimate of drug-likeness (QED) is 0.330. The molecule has 0 aliphatic carbocycles. The van der Waals surface area contributed by atoms with Crippen LogP contribution in [0.15, 0.2) is 23.4 Å². The van der Waals surface area contributed by atoms with Crippen LogP contribution in [0, 0.1) is 5.82 Å². The van der Waals surface area contributed by atoms with Crippen LogP contribution in [-0.2, 0) is 0 Å². The van der Waals surface area contributed by atoms with Gasteiger partial charge in [0, 0.05) is 25.1 Å². The lowest BCUT2D eigenvalue weighted by molar-refractivity contribution is 0.0706. The van der Waals surface area contributed by atoms with E-state index in [1.807, 2.05) is 0 Å². The second-order valence-corrected chi connectivity index (χ2v) is 4.60. The maximum Gasteiger partial charge on any atom is 0.257 e. The molecule has 1 aromatic carbocycles. The minimum Gasteiger partial charge on any atom is -0.508 e. The smallest absolute Gasteiger partial charge is 0.257 e. The monoisotopic (exact) mass is 283 g/mol. The number of phenols is 1. The summed E-state index contributed by atoms with van der Waals surface area (Å²) in [5.74, 6) is -1.55. The predicted octanol–water partition coefficient (Wildman–Crippen LogP) is 1.52. The number of carbonyl (C=O) groups is 1. The highest BCUT2D eigenvalue weighted by Crippen LogP contribution is 2.18. The van der Waals surface area contributed by atoms with Gasteiger partial charge in [-0.1, -0.05) is 5.16 Å². The van der Waals surface area contributed by atoms with Crippen molar-refractivity contribution in [1.29, 1.82) is 0 Å². The van der Waals surface area contributed by atoms with Gasteiger partial charge in [-0.25, -0.2) is 4.39 Å². The number of aromatic hydroxyl groups is 1. The van der Waals surface area contributed by atoms with Crippen LogP contribution in [0.3, 0.4) is 0 Å². The van der Waals surface area contributed by atoms with Crippen molar-refractivity contribution in [3.8, 4) is 5.75 Å². The van der Waals surface area contributed by atoms with Crippen molar-refractivity contribution in [3.63, 3.8) is 0 Å². The summed E-state index contributed by atoms with van der Waals surface area (Å²) in [6, 6.07) is 3.18. The molecule has 4 N–H and O–H groups in total. The van der Waals surface area contributed by atoms with Gasteiger partial charge in [-0.05, 0) is 26.0 Å². The second-order valence-electron chi connectivity index (χ2n) is 4.60. The van der Waals surface area contributed by atoms with Gasteiger partial charge in [0.25, 0.3) is 5.91 Å². The highest BCUT2D eigenvalue weighted by molar-refractivity contribution is 5.95. The molecule has 20 heavy (non-hydrogen) atoms. The lowest BCUT2D eigenvalue weighted by Crippen LogP contribution is -2.39. The Hall–Kier alpha value is -2.31. The number of amidine groups is 1. The lowest BCUT2D eigenvalue weighted by atomic mass is 10.1. The van der Waals surface area contributed by atoms with E-state index < -0.39 is 11.7 Å². The van der Waals surface area contributed by atoms with E-state index in [1.54, 1.807) is 13.8 Å². The molecule has 0 saturated carbocycles. The molecule has 0 saturated heterocycles. The fourth-order valence-electron chi connectivity index (χ4n) is 1.71. The van der Waals surface area contributed by atoms with Gasteiger partial charge in [-0.3, -0.25) is 4.79 Å². The summed E-state index contributed by atoms with van der Waals surface area (Å²) in [7, 11) is 0. The van der Waals surface area contributed by atoms with Crippen molar-refractivity contribution in [2.75, 3.05) is 6.54 Å². The molecule has 0 aliphatic heterocycles. The molecule has 0 atom stereocenters. The highest BCUT2D eigenvalue weighted by atomic mass is 19.1. The largest absolute Gasteiger partial charge is 0.508 e. The molecule has 1 aromatic rings. The summed E-state index contributed by atoms with van der Waals surface area (Å²) in [5, 5.41) is 20.5. The van der Waals surface area contributed by atoms with Crippen LogP contribution in [0.5, 0.6) is 5.75 Å². The van der Waals surface area contributed by atoms with E-state index in [0.717, 1.165) is 6.07 Å². The Bertz CT molecular complexity index is 518. The average molecular weight is 283 g/mol. The number of nitrogens with zero attached hydrogens (tertiary/aromatic N) is 2. The fraction of sp³-hybridized carbons (Fsp3) is 0.385. The third-order valence-electron chi connectivity index (χ3n) is 2.80. The van der Waals surface area contributed by atoms with Crippen molar-refractivity contribution >= 4 is 11.7 Å². The van der Waals surface area contributed by atoms with E-state index in [9.17, 15) is 9.18 Å². The molecular formula is C13H18FN3O3. The average Bonchev–Trinajstić information content (AvgIpc) is 2.37. The number of rotatable bonds is 5. The third kappa shape index (κ3) is 3.84. The molecule has 0 bridgehead atoms. The number of oxime groups is 1. The van der Waals surface area contributed by atoms with Gasteiger partial charge >= 0.3 is 0 Å². The molecule has 0 spiro atoms. The molecule has 0 radical (unpaired) electrons. The number of amides is 1.